The minimum Gasteiger partial charge on any atom is -0.378 e. The van der Waals surface area contributed by atoms with Gasteiger partial charge in [0.25, 0.3) is 5.69 Å². The lowest BCUT2D eigenvalue weighted by molar-refractivity contribution is -0.384. The first-order valence-electron chi connectivity index (χ1n) is 9.82. The van der Waals surface area contributed by atoms with Gasteiger partial charge in [0.2, 0.25) is 0 Å². The van der Waals surface area contributed by atoms with Gasteiger partial charge in [-0.05, 0) is 47.1 Å². The lowest BCUT2D eigenvalue weighted by atomic mass is 10.1. The normalized spacial score (nSPS) is 18.9. The van der Waals surface area contributed by atoms with Crippen molar-refractivity contribution in [1.29, 1.82) is 0 Å². The van der Waals surface area contributed by atoms with Crippen LogP contribution in [0, 0.1) is 10.1 Å². The van der Waals surface area contributed by atoms with Crippen LogP contribution in [0.25, 0.3) is 6.08 Å². The predicted molar refractivity (Wildman–Crippen MR) is 120 cm³/mol. The highest BCUT2D eigenvalue weighted by Gasteiger charge is 2.25. The smallest absolute Gasteiger partial charge is 0.270 e. The Morgan fingerprint density at radius 2 is 1.93 bits per heavy atom. The van der Waals surface area contributed by atoms with E-state index in [1.807, 2.05) is 35.9 Å². The number of non-ortho nitro benzene ring substituents is 1. The fraction of sp³-hybridized carbons (Fsp3) is 0.273. The Bertz CT molecular complexity index is 1020. The molecule has 1 aliphatic heterocycles. The van der Waals surface area contributed by atoms with Crippen molar-refractivity contribution in [2.45, 2.75) is 12.8 Å². The zero-order chi connectivity index (χ0) is 20.8. The van der Waals surface area contributed by atoms with Crippen LogP contribution >= 0.6 is 11.3 Å². The first kappa shape index (κ1) is 20.2. The first-order valence-corrected chi connectivity index (χ1v) is 10.7. The maximum Gasteiger partial charge on any atom is 0.270 e. The van der Waals surface area contributed by atoms with Crippen molar-refractivity contribution in [2.24, 2.45) is 10.2 Å². The highest BCUT2D eigenvalue weighted by atomic mass is 32.1. The number of rotatable bonds is 6. The van der Waals surface area contributed by atoms with E-state index >= 15 is 0 Å². The molecule has 2 heterocycles. The number of hydrogen-bond acceptors (Lipinski definition) is 7. The van der Waals surface area contributed by atoms with Gasteiger partial charge in [-0.25, -0.2) is 0 Å². The van der Waals surface area contributed by atoms with Crippen molar-refractivity contribution >= 4 is 35.5 Å². The first-order chi connectivity index (χ1) is 14.7. The molecule has 0 spiro atoms. The average molecular weight is 423 g/mol. The van der Waals surface area contributed by atoms with Crippen molar-refractivity contribution in [3.8, 4) is 0 Å². The molecule has 1 fully saturated rings. The molecule has 8 heteroatoms. The van der Waals surface area contributed by atoms with E-state index in [-0.39, 0.29) is 10.6 Å². The molecule has 1 saturated heterocycles. The number of thiophene rings is 1. The lowest BCUT2D eigenvalue weighted by Crippen LogP contribution is -2.36. The van der Waals surface area contributed by atoms with Gasteiger partial charge in [-0.3, -0.25) is 10.1 Å². The molecule has 0 unspecified atom stereocenters. The van der Waals surface area contributed by atoms with Crippen LogP contribution in [0.15, 0.2) is 68.8 Å². The summed E-state index contributed by atoms with van der Waals surface area (Å²) in [5.74, 6) is 0. The molecule has 2 aromatic rings. The topological polar surface area (TPSA) is 80.3 Å². The standard InChI is InChI=1S/C22H22N4O3S/c27-26(28)20-4-1-3-17(14-20)13-18-6-7-19(22(18)25-8-10-29-11-9-25)15-23-24-16-21-5-2-12-30-21/h1-5,12-16H,6-11H2/b18-13-,23-15?,24-16+. The number of morpholine rings is 1. The van der Waals surface area contributed by atoms with Crippen LogP contribution in [0.4, 0.5) is 5.69 Å². The molecule has 30 heavy (non-hydrogen) atoms. The second-order valence-electron chi connectivity index (χ2n) is 7.00. The molecular formula is C22H22N4O3S. The number of benzene rings is 1. The zero-order valence-corrected chi connectivity index (χ0v) is 17.3. The number of nitro groups is 1. The molecule has 0 saturated carbocycles. The molecule has 1 aliphatic carbocycles. The molecule has 0 N–H and O–H groups in total. The number of allylic oxidation sites excluding steroid dienone is 2. The van der Waals surface area contributed by atoms with Gasteiger partial charge in [0.1, 0.15) is 0 Å². The fourth-order valence-electron chi connectivity index (χ4n) is 3.66. The molecule has 1 aromatic carbocycles. The Hall–Kier alpha value is -3.10. The van der Waals surface area contributed by atoms with Crippen LogP contribution in [0.2, 0.25) is 0 Å². The summed E-state index contributed by atoms with van der Waals surface area (Å²) < 4.78 is 5.52. The number of nitro benzene ring substituents is 1. The third-order valence-electron chi connectivity index (χ3n) is 5.03. The third kappa shape index (κ3) is 4.90. The molecule has 2 aliphatic rings. The predicted octanol–water partition coefficient (Wildman–Crippen LogP) is 4.52. The Morgan fingerprint density at radius 3 is 2.70 bits per heavy atom. The molecule has 0 amide bonds. The maximum atomic E-state index is 11.1. The van der Waals surface area contributed by atoms with Gasteiger partial charge in [0.05, 0.1) is 30.6 Å². The Kier molecular flexibility index (Phi) is 6.46. The second kappa shape index (κ2) is 9.60. The zero-order valence-electron chi connectivity index (χ0n) is 16.4. The van der Waals surface area contributed by atoms with E-state index in [0.717, 1.165) is 47.6 Å². The molecule has 0 bridgehead atoms. The van der Waals surface area contributed by atoms with Crippen molar-refractivity contribution in [3.63, 3.8) is 0 Å². The highest BCUT2D eigenvalue weighted by Crippen LogP contribution is 2.35. The number of nitrogens with zero attached hydrogens (tertiary/aromatic N) is 4. The van der Waals surface area contributed by atoms with Crippen LogP contribution in [0.3, 0.4) is 0 Å². The van der Waals surface area contributed by atoms with Gasteiger partial charge >= 0.3 is 0 Å². The molecule has 0 atom stereocenters. The summed E-state index contributed by atoms with van der Waals surface area (Å²) in [6.45, 7) is 3.01. The summed E-state index contributed by atoms with van der Waals surface area (Å²) in [6, 6.07) is 10.7. The highest BCUT2D eigenvalue weighted by molar-refractivity contribution is 7.11. The summed E-state index contributed by atoms with van der Waals surface area (Å²) in [4.78, 5) is 14.1. The van der Waals surface area contributed by atoms with Crippen molar-refractivity contribution in [3.05, 3.63) is 79.2 Å². The van der Waals surface area contributed by atoms with E-state index < -0.39 is 0 Å². The minimum atomic E-state index is -0.362. The Balaban J connectivity index is 1.62. The number of ether oxygens (including phenoxy) is 1. The van der Waals surface area contributed by atoms with Crippen LogP contribution in [-0.2, 0) is 4.74 Å². The van der Waals surface area contributed by atoms with Crippen LogP contribution < -0.4 is 0 Å². The van der Waals surface area contributed by atoms with Crippen LogP contribution in [-0.4, -0.2) is 48.6 Å². The van der Waals surface area contributed by atoms with Crippen molar-refractivity contribution in [1.82, 2.24) is 4.90 Å². The van der Waals surface area contributed by atoms with E-state index in [9.17, 15) is 10.1 Å². The quantitative estimate of drug-likeness (QED) is 0.389. The largest absolute Gasteiger partial charge is 0.378 e. The van der Waals surface area contributed by atoms with Crippen molar-refractivity contribution < 1.29 is 9.66 Å². The SMILES string of the molecule is O=[N+]([O-])c1cccc(/C=C2/CCC(C=N/N=C/c3cccs3)=C2N2CCOCC2)c1. The van der Waals surface area contributed by atoms with Crippen LogP contribution in [0.5, 0.6) is 0 Å². The third-order valence-corrected chi connectivity index (χ3v) is 5.84. The van der Waals surface area contributed by atoms with Gasteiger partial charge in [-0.2, -0.15) is 10.2 Å². The molecule has 154 valence electrons. The lowest BCUT2D eigenvalue weighted by Gasteiger charge is -2.31. The summed E-state index contributed by atoms with van der Waals surface area (Å²) in [5.41, 5.74) is 4.39. The van der Waals surface area contributed by atoms with Gasteiger partial charge < -0.3 is 9.64 Å². The van der Waals surface area contributed by atoms with E-state index in [2.05, 4.69) is 15.1 Å². The van der Waals surface area contributed by atoms with Gasteiger partial charge in [0.15, 0.2) is 0 Å². The maximum absolute atomic E-state index is 11.1. The molecule has 4 rings (SSSR count). The summed E-state index contributed by atoms with van der Waals surface area (Å²) in [7, 11) is 0. The monoisotopic (exact) mass is 422 g/mol. The van der Waals surface area contributed by atoms with E-state index in [0.29, 0.717) is 13.2 Å². The van der Waals surface area contributed by atoms with Gasteiger partial charge in [-0.1, -0.05) is 18.2 Å². The summed E-state index contributed by atoms with van der Waals surface area (Å²) >= 11 is 1.62. The fourth-order valence-corrected chi connectivity index (χ4v) is 4.24. The van der Waals surface area contributed by atoms with E-state index in [1.54, 1.807) is 29.7 Å². The minimum absolute atomic E-state index is 0.101. The molecule has 7 nitrogen and oxygen atoms in total. The van der Waals surface area contributed by atoms with E-state index in [1.165, 1.54) is 11.6 Å². The average Bonchev–Trinajstić information content (AvgIpc) is 3.42. The Morgan fingerprint density at radius 1 is 1.10 bits per heavy atom. The number of hydrogen-bond donors (Lipinski definition) is 0. The van der Waals surface area contributed by atoms with Crippen LogP contribution in [0.1, 0.15) is 23.3 Å². The molecule has 0 radical (unpaired) electrons. The van der Waals surface area contributed by atoms with Gasteiger partial charge in [0, 0.05) is 35.8 Å². The van der Waals surface area contributed by atoms with Crippen molar-refractivity contribution in [2.75, 3.05) is 26.3 Å². The van der Waals surface area contributed by atoms with E-state index in [4.69, 9.17) is 4.74 Å². The molecule has 1 aromatic heterocycles. The summed E-state index contributed by atoms with van der Waals surface area (Å²) in [6.07, 6.45) is 7.37. The Labute approximate surface area is 178 Å². The van der Waals surface area contributed by atoms with Gasteiger partial charge in [-0.15, -0.1) is 11.3 Å². The second-order valence-corrected chi connectivity index (χ2v) is 7.98. The summed E-state index contributed by atoms with van der Waals surface area (Å²) in [5, 5.41) is 21.6. The molecular weight excluding hydrogens is 400 g/mol.